The van der Waals surface area contributed by atoms with Crippen LogP contribution in [-0.4, -0.2) is 16.8 Å². The maximum absolute atomic E-state index is 12.4. The van der Waals surface area contributed by atoms with Crippen molar-refractivity contribution in [3.8, 4) is 6.07 Å². The van der Waals surface area contributed by atoms with Crippen molar-refractivity contribution in [2.45, 2.75) is 0 Å². The van der Waals surface area contributed by atoms with Gasteiger partial charge in [0.2, 0.25) is 0 Å². The summed E-state index contributed by atoms with van der Waals surface area (Å²) in [7, 11) is 0. The highest BCUT2D eigenvalue weighted by Crippen LogP contribution is 2.15. The Bertz CT molecular complexity index is 1030. The van der Waals surface area contributed by atoms with Crippen molar-refractivity contribution in [1.82, 2.24) is 4.98 Å². The molecule has 0 radical (unpaired) electrons. The van der Waals surface area contributed by atoms with E-state index in [1.807, 2.05) is 6.07 Å². The molecule has 0 aliphatic rings. The van der Waals surface area contributed by atoms with Crippen LogP contribution in [0.15, 0.2) is 67.0 Å². The molecule has 3 rings (SSSR count). The third kappa shape index (κ3) is 4.69. The SMILES string of the molecule is N#Cc1ccc(NC(=O)c2cncc(C(=O)Nc3ccc(Cl)cc3)c2)cc1. The highest BCUT2D eigenvalue weighted by atomic mass is 35.5. The molecule has 0 spiro atoms. The number of benzene rings is 2. The summed E-state index contributed by atoms with van der Waals surface area (Å²) >= 11 is 5.82. The average molecular weight is 377 g/mol. The monoisotopic (exact) mass is 376 g/mol. The Balaban J connectivity index is 1.71. The van der Waals surface area contributed by atoms with Gasteiger partial charge in [-0.15, -0.1) is 0 Å². The summed E-state index contributed by atoms with van der Waals surface area (Å²) in [6, 6.07) is 16.6. The molecule has 0 aliphatic carbocycles. The van der Waals surface area contributed by atoms with Crippen LogP contribution in [0.5, 0.6) is 0 Å². The zero-order chi connectivity index (χ0) is 19.2. The summed E-state index contributed by atoms with van der Waals surface area (Å²) in [6.45, 7) is 0. The Morgan fingerprint density at radius 2 is 1.33 bits per heavy atom. The molecule has 0 saturated carbocycles. The van der Waals surface area contributed by atoms with E-state index in [1.54, 1.807) is 48.5 Å². The van der Waals surface area contributed by atoms with Gasteiger partial charge in [0.15, 0.2) is 0 Å². The number of carbonyl (C=O) groups is 2. The molecule has 0 bridgehead atoms. The first-order chi connectivity index (χ1) is 13.0. The summed E-state index contributed by atoms with van der Waals surface area (Å²) < 4.78 is 0. The minimum absolute atomic E-state index is 0.239. The van der Waals surface area contributed by atoms with Gasteiger partial charge < -0.3 is 10.6 Å². The summed E-state index contributed by atoms with van der Waals surface area (Å²) in [5.74, 6) is -0.800. The van der Waals surface area contributed by atoms with Gasteiger partial charge in [-0.3, -0.25) is 14.6 Å². The zero-order valence-electron chi connectivity index (χ0n) is 13.9. The number of rotatable bonds is 4. The van der Waals surface area contributed by atoms with Crippen LogP contribution < -0.4 is 10.6 Å². The molecule has 0 unspecified atom stereocenters. The predicted molar refractivity (Wildman–Crippen MR) is 103 cm³/mol. The number of nitrogens with one attached hydrogen (secondary N) is 2. The van der Waals surface area contributed by atoms with Gasteiger partial charge in [0, 0.05) is 28.8 Å². The Morgan fingerprint density at radius 1 is 0.852 bits per heavy atom. The number of carbonyl (C=O) groups excluding carboxylic acids is 2. The quantitative estimate of drug-likeness (QED) is 0.716. The molecule has 2 amide bonds. The van der Waals surface area contributed by atoms with Crippen molar-refractivity contribution in [3.05, 3.63) is 88.7 Å². The lowest BCUT2D eigenvalue weighted by Crippen LogP contribution is -2.16. The number of nitrogens with zero attached hydrogens (tertiary/aromatic N) is 2. The Hall–Kier alpha value is -3.69. The second kappa shape index (κ2) is 8.13. The largest absolute Gasteiger partial charge is 0.322 e. The molecular formula is C20H13ClN4O2. The second-order valence-corrected chi connectivity index (χ2v) is 6.00. The van der Waals surface area contributed by atoms with E-state index >= 15 is 0 Å². The fourth-order valence-electron chi connectivity index (χ4n) is 2.26. The normalized spacial score (nSPS) is 9.93. The zero-order valence-corrected chi connectivity index (χ0v) is 14.7. The molecule has 0 fully saturated rings. The lowest BCUT2D eigenvalue weighted by Gasteiger charge is -2.08. The molecular weight excluding hydrogens is 364 g/mol. The van der Waals surface area contributed by atoms with Gasteiger partial charge in [-0.25, -0.2) is 0 Å². The number of hydrogen-bond donors (Lipinski definition) is 2. The van der Waals surface area contributed by atoms with Crippen molar-refractivity contribution in [2.24, 2.45) is 0 Å². The number of hydrogen-bond acceptors (Lipinski definition) is 4. The van der Waals surface area contributed by atoms with Crippen LogP contribution in [0.2, 0.25) is 5.02 Å². The van der Waals surface area contributed by atoms with Gasteiger partial charge in [-0.05, 0) is 54.6 Å². The fraction of sp³-hybridized carbons (Fsp3) is 0. The summed E-state index contributed by atoms with van der Waals surface area (Å²) in [5.41, 5.74) is 2.10. The van der Waals surface area contributed by atoms with Gasteiger partial charge >= 0.3 is 0 Å². The van der Waals surface area contributed by atoms with Crippen LogP contribution in [0.4, 0.5) is 11.4 Å². The maximum atomic E-state index is 12.4. The molecule has 0 saturated heterocycles. The molecule has 132 valence electrons. The van der Waals surface area contributed by atoms with E-state index in [-0.39, 0.29) is 11.1 Å². The van der Waals surface area contributed by atoms with Crippen LogP contribution in [-0.2, 0) is 0 Å². The molecule has 2 N–H and O–H groups in total. The Morgan fingerprint density at radius 3 is 1.81 bits per heavy atom. The molecule has 7 heteroatoms. The predicted octanol–water partition coefficient (Wildman–Crippen LogP) is 4.11. The van der Waals surface area contributed by atoms with E-state index in [0.29, 0.717) is 22.0 Å². The van der Waals surface area contributed by atoms with Crippen molar-refractivity contribution in [2.75, 3.05) is 10.6 Å². The molecule has 3 aromatic rings. The van der Waals surface area contributed by atoms with Gasteiger partial charge in [0.1, 0.15) is 0 Å². The van der Waals surface area contributed by atoms with Crippen molar-refractivity contribution in [1.29, 1.82) is 5.26 Å². The molecule has 6 nitrogen and oxygen atoms in total. The second-order valence-electron chi connectivity index (χ2n) is 5.57. The van der Waals surface area contributed by atoms with Crippen molar-refractivity contribution < 1.29 is 9.59 Å². The van der Waals surface area contributed by atoms with Gasteiger partial charge in [0.05, 0.1) is 22.8 Å². The first-order valence-corrected chi connectivity index (χ1v) is 8.26. The first kappa shape index (κ1) is 18.1. The first-order valence-electron chi connectivity index (χ1n) is 7.88. The molecule has 1 heterocycles. The fourth-order valence-corrected chi connectivity index (χ4v) is 2.38. The third-order valence-corrected chi connectivity index (χ3v) is 3.89. The number of halogens is 1. The lowest BCUT2D eigenvalue weighted by molar-refractivity contribution is 0.102. The van der Waals surface area contributed by atoms with E-state index in [2.05, 4.69) is 15.6 Å². The van der Waals surface area contributed by atoms with Crippen molar-refractivity contribution in [3.63, 3.8) is 0 Å². The number of amides is 2. The lowest BCUT2D eigenvalue weighted by atomic mass is 10.1. The van der Waals surface area contributed by atoms with E-state index in [1.165, 1.54) is 18.5 Å². The Labute approximate surface area is 160 Å². The van der Waals surface area contributed by atoms with Gasteiger partial charge in [-0.1, -0.05) is 11.6 Å². The number of anilines is 2. The highest BCUT2D eigenvalue weighted by molar-refractivity contribution is 6.30. The minimum Gasteiger partial charge on any atom is -0.322 e. The Kier molecular flexibility index (Phi) is 5.45. The van der Waals surface area contributed by atoms with E-state index in [0.717, 1.165) is 0 Å². The van der Waals surface area contributed by atoms with Crippen LogP contribution in [0.25, 0.3) is 0 Å². The number of aromatic nitrogens is 1. The summed E-state index contributed by atoms with van der Waals surface area (Å²) in [6.07, 6.45) is 2.75. The molecule has 1 aromatic heterocycles. The smallest absolute Gasteiger partial charge is 0.257 e. The van der Waals surface area contributed by atoms with Gasteiger partial charge in [0.25, 0.3) is 11.8 Å². The summed E-state index contributed by atoms with van der Waals surface area (Å²) in [5, 5.41) is 14.8. The number of pyridine rings is 1. The summed E-state index contributed by atoms with van der Waals surface area (Å²) in [4.78, 5) is 28.7. The topological polar surface area (TPSA) is 94.9 Å². The van der Waals surface area contributed by atoms with Crippen LogP contribution in [0.3, 0.4) is 0 Å². The third-order valence-electron chi connectivity index (χ3n) is 3.64. The molecule has 0 aliphatic heterocycles. The molecule has 27 heavy (non-hydrogen) atoms. The number of nitriles is 1. The highest BCUT2D eigenvalue weighted by Gasteiger charge is 2.12. The molecule has 0 atom stereocenters. The average Bonchev–Trinajstić information content (AvgIpc) is 2.70. The van der Waals surface area contributed by atoms with Crippen LogP contribution >= 0.6 is 11.6 Å². The minimum atomic E-state index is -0.409. The maximum Gasteiger partial charge on any atom is 0.257 e. The van der Waals surface area contributed by atoms with Crippen molar-refractivity contribution >= 4 is 34.8 Å². The van der Waals surface area contributed by atoms with E-state index in [9.17, 15) is 9.59 Å². The standard InChI is InChI=1S/C20H13ClN4O2/c21-16-3-7-18(8-4-16)25-20(27)15-9-14(11-23-12-15)19(26)24-17-5-1-13(10-22)2-6-17/h1-9,11-12H,(H,24,26)(H,25,27). The van der Waals surface area contributed by atoms with Crippen LogP contribution in [0, 0.1) is 11.3 Å². The molecule has 2 aromatic carbocycles. The van der Waals surface area contributed by atoms with Crippen LogP contribution in [0.1, 0.15) is 26.3 Å². The van der Waals surface area contributed by atoms with Gasteiger partial charge in [-0.2, -0.15) is 5.26 Å². The van der Waals surface area contributed by atoms with E-state index < -0.39 is 11.8 Å². The van der Waals surface area contributed by atoms with E-state index in [4.69, 9.17) is 16.9 Å².